The highest BCUT2D eigenvalue weighted by Gasteiger charge is 2.12. The fraction of sp³-hybridized carbons (Fsp3) is 0.174. The van der Waals surface area contributed by atoms with Crippen molar-refractivity contribution in [3.05, 3.63) is 75.0 Å². The summed E-state index contributed by atoms with van der Waals surface area (Å²) in [6.45, 7) is 2.87. The molecule has 0 unspecified atom stereocenters. The average molecular weight is 510 g/mol. The lowest BCUT2D eigenvalue weighted by Gasteiger charge is -2.11. The first-order valence-corrected chi connectivity index (χ1v) is 11.8. The van der Waals surface area contributed by atoms with E-state index in [4.69, 9.17) is 9.47 Å². The minimum absolute atomic E-state index is 0.334. The second-order valence-electron chi connectivity index (χ2n) is 7.33. The summed E-state index contributed by atoms with van der Waals surface area (Å²) in [5.74, 6) is 2.87. The van der Waals surface area contributed by atoms with Gasteiger partial charge in [-0.3, -0.25) is 0 Å². The van der Waals surface area contributed by atoms with Crippen LogP contribution < -0.4 is 9.47 Å². The predicted octanol–water partition coefficient (Wildman–Crippen LogP) is 5.68. The van der Waals surface area contributed by atoms with Crippen LogP contribution in [0.25, 0.3) is 22.6 Å². The van der Waals surface area contributed by atoms with Crippen molar-refractivity contribution in [1.29, 1.82) is 0 Å². The first kappa shape index (κ1) is 20.7. The molecule has 0 aliphatic rings. The van der Waals surface area contributed by atoms with E-state index >= 15 is 0 Å². The third-order valence-corrected chi connectivity index (χ3v) is 5.99. The highest BCUT2D eigenvalue weighted by molar-refractivity contribution is 9.10. The van der Waals surface area contributed by atoms with Crippen molar-refractivity contribution in [3.63, 3.8) is 0 Å². The van der Waals surface area contributed by atoms with Crippen molar-refractivity contribution >= 4 is 38.4 Å². The van der Waals surface area contributed by atoms with Crippen LogP contribution >= 0.6 is 27.3 Å². The Hall–Kier alpha value is -3.17. The second kappa shape index (κ2) is 9.13. The van der Waals surface area contributed by atoms with E-state index in [2.05, 4.69) is 57.7 Å². The smallest absolute Gasteiger partial charge is 0.178 e. The van der Waals surface area contributed by atoms with Crippen LogP contribution in [0.3, 0.4) is 0 Å². The number of aromatic amines is 2. The Labute approximate surface area is 197 Å². The number of hydrogen-bond acceptors (Lipinski definition) is 6. The maximum Gasteiger partial charge on any atom is 0.178 e. The fourth-order valence-electron chi connectivity index (χ4n) is 3.30. The lowest BCUT2D eigenvalue weighted by atomic mass is 10.2. The standard InChI is InChI=1S/C23H20BrN5O2S/c1-14-10-25-21(27-14)12-31-19-7-16(22-28-20-8-17(24)11-26-23(20)29-22)6-18(9-19)30-4-2-15-3-5-32-13-15/h3,5-11,13H,2,4,12H2,1H3,(H,25,27)(H,26,28,29). The van der Waals surface area contributed by atoms with E-state index in [1.807, 2.05) is 31.2 Å². The number of pyridine rings is 1. The number of nitrogens with zero attached hydrogens (tertiary/aromatic N) is 3. The van der Waals surface area contributed by atoms with Gasteiger partial charge in [-0.1, -0.05) is 0 Å². The molecule has 2 N–H and O–H groups in total. The zero-order valence-corrected chi connectivity index (χ0v) is 19.7. The largest absolute Gasteiger partial charge is 0.493 e. The van der Waals surface area contributed by atoms with Crippen molar-refractivity contribution in [2.24, 2.45) is 0 Å². The second-order valence-corrected chi connectivity index (χ2v) is 9.03. The Morgan fingerprint density at radius 3 is 2.69 bits per heavy atom. The predicted molar refractivity (Wildman–Crippen MR) is 128 cm³/mol. The molecular weight excluding hydrogens is 490 g/mol. The first-order valence-electron chi connectivity index (χ1n) is 10.1. The van der Waals surface area contributed by atoms with Crippen LogP contribution in [0.1, 0.15) is 17.1 Å². The van der Waals surface area contributed by atoms with Crippen molar-refractivity contribution in [2.45, 2.75) is 20.0 Å². The normalized spacial score (nSPS) is 11.2. The number of imidazole rings is 2. The SMILES string of the molecule is Cc1cnc(COc2cc(OCCc3ccsc3)cc(-c3nc4ncc(Br)cc4[nH]3)c2)[nH]1. The topological polar surface area (TPSA) is 88.7 Å². The van der Waals surface area contributed by atoms with Crippen molar-refractivity contribution < 1.29 is 9.47 Å². The van der Waals surface area contributed by atoms with Gasteiger partial charge in [0.2, 0.25) is 0 Å². The van der Waals surface area contributed by atoms with Crippen LogP contribution in [0.2, 0.25) is 0 Å². The summed E-state index contributed by atoms with van der Waals surface area (Å²) in [5.41, 5.74) is 4.63. The lowest BCUT2D eigenvalue weighted by Crippen LogP contribution is -2.02. The highest BCUT2D eigenvalue weighted by atomic mass is 79.9. The number of H-pyrrole nitrogens is 2. The number of benzene rings is 1. The number of thiophene rings is 1. The quantitative estimate of drug-likeness (QED) is 0.280. The highest BCUT2D eigenvalue weighted by Crippen LogP contribution is 2.30. The summed E-state index contributed by atoms with van der Waals surface area (Å²) in [4.78, 5) is 19.8. The summed E-state index contributed by atoms with van der Waals surface area (Å²) in [6.07, 6.45) is 4.36. The number of aromatic nitrogens is 5. The molecule has 5 rings (SSSR count). The van der Waals surface area contributed by atoms with Gasteiger partial charge in [0.25, 0.3) is 0 Å². The van der Waals surface area contributed by atoms with E-state index in [-0.39, 0.29) is 0 Å². The molecule has 162 valence electrons. The summed E-state index contributed by atoms with van der Waals surface area (Å²) < 4.78 is 13.0. The summed E-state index contributed by atoms with van der Waals surface area (Å²) in [7, 11) is 0. The fourth-order valence-corrected chi connectivity index (χ4v) is 4.33. The first-order chi connectivity index (χ1) is 15.6. The summed E-state index contributed by atoms with van der Waals surface area (Å²) in [5, 5.41) is 4.21. The van der Waals surface area contributed by atoms with Crippen molar-refractivity contribution in [3.8, 4) is 22.9 Å². The molecule has 0 spiro atoms. The molecule has 0 fully saturated rings. The van der Waals surface area contributed by atoms with Gasteiger partial charge in [-0.2, -0.15) is 11.3 Å². The van der Waals surface area contributed by atoms with Gasteiger partial charge in [-0.25, -0.2) is 15.0 Å². The van der Waals surface area contributed by atoms with Crippen LogP contribution in [0.15, 0.2) is 58.0 Å². The molecule has 9 heteroatoms. The number of rotatable bonds is 8. The van der Waals surface area contributed by atoms with Gasteiger partial charge in [-0.15, -0.1) is 0 Å². The number of ether oxygens (including phenoxy) is 2. The van der Waals surface area contributed by atoms with Gasteiger partial charge in [0.05, 0.1) is 12.1 Å². The third kappa shape index (κ3) is 4.84. The molecule has 4 aromatic heterocycles. The maximum absolute atomic E-state index is 6.07. The van der Waals surface area contributed by atoms with E-state index in [0.29, 0.717) is 30.4 Å². The van der Waals surface area contributed by atoms with Crippen LogP contribution in [-0.4, -0.2) is 31.5 Å². The zero-order chi connectivity index (χ0) is 21.9. The number of aryl methyl sites for hydroxylation is 1. The maximum atomic E-state index is 6.07. The van der Waals surface area contributed by atoms with E-state index in [1.54, 1.807) is 23.7 Å². The van der Waals surface area contributed by atoms with E-state index in [1.165, 1.54) is 5.56 Å². The molecule has 0 aliphatic heterocycles. The monoisotopic (exact) mass is 509 g/mol. The Kier molecular flexibility index (Phi) is 5.91. The molecule has 0 bridgehead atoms. The Balaban J connectivity index is 1.41. The average Bonchev–Trinajstić information content (AvgIpc) is 3.53. The van der Waals surface area contributed by atoms with Crippen LogP contribution in [0.5, 0.6) is 11.5 Å². The van der Waals surface area contributed by atoms with Crippen molar-refractivity contribution in [2.75, 3.05) is 6.61 Å². The third-order valence-electron chi connectivity index (χ3n) is 4.83. The molecule has 0 saturated carbocycles. The van der Waals surface area contributed by atoms with Gasteiger partial charge in [0.15, 0.2) is 5.65 Å². The van der Waals surface area contributed by atoms with Gasteiger partial charge in [0, 0.05) is 40.6 Å². The molecule has 0 aliphatic carbocycles. The minimum atomic E-state index is 0.334. The molecule has 32 heavy (non-hydrogen) atoms. The van der Waals surface area contributed by atoms with Crippen LogP contribution in [0, 0.1) is 6.92 Å². The van der Waals surface area contributed by atoms with Crippen LogP contribution in [0.4, 0.5) is 0 Å². The molecule has 1 aromatic carbocycles. The van der Waals surface area contributed by atoms with E-state index in [0.717, 1.165) is 39.2 Å². The van der Waals surface area contributed by atoms with Gasteiger partial charge < -0.3 is 19.4 Å². The Morgan fingerprint density at radius 2 is 1.91 bits per heavy atom. The van der Waals surface area contributed by atoms with E-state index < -0.39 is 0 Å². The van der Waals surface area contributed by atoms with Gasteiger partial charge in [0.1, 0.15) is 29.8 Å². The van der Waals surface area contributed by atoms with Gasteiger partial charge in [-0.05, 0) is 63.4 Å². The number of halogens is 1. The minimum Gasteiger partial charge on any atom is -0.493 e. The lowest BCUT2D eigenvalue weighted by molar-refractivity contribution is 0.289. The van der Waals surface area contributed by atoms with Gasteiger partial charge >= 0.3 is 0 Å². The number of nitrogens with one attached hydrogen (secondary N) is 2. The molecular formula is C23H20BrN5O2S. The number of hydrogen-bond donors (Lipinski definition) is 2. The van der Waals surface area contributed by atoms with Crippen LogP contribution in [-0.2, 0) is 13.0 Å². The molecule has 4 heterocycles. The molecule has 0 radical (unpaired) electrons. The number of fused-ring (bicyclic) bond motifs is 1. The molecule has 5 aromatic rings. The Morgan fingerprint density at radius 1 is 1.03 bits per heavy atom. The molecule has 0 amide bonds. The summed E-state index contributed by atoms with van der Waals surface area (Å²) in [6, 6.07) is 9.86. The molecule has 7 nitrogen and oxygen atoms in total. The zero-order valence-electron chi connectivity index (χ0n) is 17.3. The van der Waals surface area contributed by atoms with Crippen molar-refractivity contribution in [1.82, 2.24) is 24.9 Å². The molecule has 0 saturated heterocycles. The Bertz CT molecular complexity index is 1350. The molecule has 0 atom stereocenters. The van der Waals surface area contributed by atoms with E-state index in [9.17, 15) is 0 Å². The summed E-state index contributed by atoms with van der Waals surface area (Å²) >= 11 is 5.14.